The largest absolute Gasteiger partial charge is 0.467 e. The van der Waals surface area contributed by atoms with E-state index in [0.29, 0.717) is 0 Å². The molecule has 82 valence electrons. The first-order chi connectivity index (χ1) is 6.52. The smallest absolute Gasteiger partial charge is 0.331 e. The first-order valence-electron chi connectivity index (χ1n) is 4.04. The molecule has 0 aromatic heterocycles. The van der Waals surface area contributed by atoms with Crippen LogP contribution in [0.5, 0.6) is 0 Å². The SMILES string of the molecule is COCC(O)C(NC(C)=O)C(=O)OC. The normalized spacial score (nSPS) is 14.3. The van der Waals surface area contributed by atoms with Gasteiger partial charge in [0.25, 0.3) is 0 Å². The minimum absolute atomic E-state index is 0.0555. The van der Waals surface area contributed by atoms with E-state index in [4.69, 9.17) is 0 Å². The summed E-state index contributed by atoms with van der Waals surface area (Å²) in [5.41, 5.74) is 0. The van der Waals surface area contributed by atoms with Crippen LogP contribution in [0.15, 0.2) is 0 Å². The molecule has 2 N–H and O–H groups in total. The molecule has 0 spiro atoms. The highest BCUT2D eigenvalue weighted by molar-refractivity contribution is 5.83. The van der Waals surface area contributed by atoms with Crippen LogP contribution in [0.1, 0.15) is 6.92 Å². The van der Waals surface area contributed by atoms with Crippen molar-refractivity contribution in [1.29, 1.82) is 0 Å². The summed E-state index contributed by atoms with van der Waals surface area (Å²) in [6, 6.07) is -1.09. The van der Waals surface area contributed by atoms with Crippen LogP contribution in [-0.2, 0) is 19.1 Å². The number of nitrogens with one attached hydrogen (secondary N) is 1. The van der Waals surface area contributed by atoms with Crippen LogP contribution in [0.4, 0.5) is 0 Å². The van der Waals surface area contributed by atoms with E-state index < -0.39 is 24.0 Å². The molecule has 2 atom stereocenters. The van der Waals surface area contributed by atoms with E-state index in [1.807, 2.05) is 0 Å². The first-order valence-corrected chi connectivity index (χ1v) is 4.04. The molecule has 2 unspecified atom stereocenters. The highest BCUT2D eigenvalue weighted by Crippen LogP contribution is 1.97. The van der Waals surface area contributed by atoms with Crippen molar-refractivity contribution >= 4 is 11.9 Å². The highest BCUT2D eigenvalue weighted by Gasteiger charge is 2.28. The molecule has 0 radical (unpaired) electrons. The van der Waals surface area contributed by atoms with Crippen LogP contribution in [0.25, 0.3) is 0 Å². The number of rotatable bonds is 5. The van der Waals surface area contributed by atoms with Crippen molar-refractivity contribution in [2.75, 3.05) is 20.8 Å². The topological polar surface area (TPSA) is 84.9 Å². The maximum absolute atomic E-state index is 11.1. The molecule has 0 saturated carbocycles. The monoisotopic (exact) mass is 205 g/mol. The number of methoxy groups -OCH3 is 2. The molecule has 0 saturated heterocycles. The van der Waals surface area contributed by atoms with Gasteiger partial charge in [-0.1, -0.05) is 0 Å². The number of aliphatic hydroxyl groups is 1. The molecule has 0 bridgehead atoms. The van der Waals surface area contributed by atoms with Crippen LogP contribution in [-0.4, -0.2) is 50.0 Å². The summed E-state index contributed by atoms with van der Waals surface area (Å²) in [6.07, 6.45) is -1.11. The average molecular weight is 205 g/mol. The molecule has 0 aliphatic carbocycles. The maximum atomic E-state index is 11.1. The molecule has 0 aromatic carbocycles. The molecule has 6 heteroatoms. The zero-order valence-corrected chi connectivity index (χ0v) is 8.44. The third-order valence-electron chi connectivity index (χ3n) is 1.54. The number of amides is 1. The van der Waals surface area contributed by atoms with Crippen molar-refractivity contribution in [1.82, 2.24) is 5.32 Å². The van der Waals surface area contributed by atoms with Crippen LogP contribution in [0.2, 0.25) is 0 Å². The second kappa shape index (κ2) is 6.33. The Balaban J connectivity index is 4.37. The van der Waals surface area contributed by atoms with E-state index in [0.717, 1.165) is 0 Å². The molecule has 6 nitrogen and oxygen atoms in total. The fourth-order valence-corrected chi connectivity index (χ4v) is 0.925. The Bertz CT molecular complexity index is 206. The summed E-state index contributed by atoms with van der Waals surface area (Å²) in [4.78, 5) is 21.8. The zero-order chi connectivity index (χ0) is 11.1. The summed E-state index contributed by atoms with van der Waals surface area (Å²) in [6.45, 7) is 1.19. The van der Waals surface area contributed by atoms with Crippen molar-refractivity contribution in [3.8, 4) is 0 Å². The van der Waals surface area contributed by atoms with Gasteiger partial charge in [-0.05, 0) is 0 Å². The van der Waals surface area contributed by atoms with Crippen molar-refractivity contribution < 1.29 is 24.2 Å². The van der Waals surface area contributed by atoms with Gasteiger partial charge in [-0.25, -0.2) is 4.79 Å². The predicted molar refractivity (Wildman–Crippen MR) is 47.5 cm³/mol. The Kier molecular flexibility index (Phi) is 5.82. The fraction of sp³-hybridized carbons (Fsp3) is 0.750. The standard InChI is InChI=1S/C8H15NO5/c1-5(10)9-7(8(12)14-3)6(11)4-13-2/h6-7,11H,4H2,1-3H3,(H,9,10). The lowest BCUT2D eigenvalue weighted by molar-refractivity contribution is -0.149. The van der Waals surface area contributed by atoms with Crippen LogP contribution < -0.4 is 5.32 Å². The number of aliphatic hydroxyl groups excluding tert-OH is 1. The van der Waals surface area contributed by atoms with Crippen LogP contribution >= 0.6 is 0 Å². The number of carbonyl (C=O) groups is 2. The Morgan fingerprint density at radius 3 is 2.36 bits per heavy atom. The Morgan fingerprint density at radius 1 is 1.43 bits per heavy atom. The van der Waals surface area contributed by atoms with Gasteiger partial charge in [0.1, 0.15) is 6.10 Å². The van der Waals surface area contributed by atoms with Gasteiger partial charge in [0.15, 0.2) is 6.04 Å². The first kappa shape index (κ1) is 12.9. The third-order valence-corrected chi connectivity index (χ3v) is 1.54. The van der Waals surface area contributed by atoms with E-state index in [1.165, 1.54) is 21.1 Å². The van der Waals surface area contributed by atoms with Crippen molar-refractivity contribution in [2.24, 2.45) is 0 Å². The maximum Gasteiger partial charge on any atom is 0.331 e. The minimum atomic E-state index is -1.11. The third kappa shape index (κ3) is 4.20. The molecule has 14 heavy (non-hydrogen) atoms. The molecule has 0 fully saturated rings. The van der Waals surface area contributed by atoms with Gasteiger partial charge in [0, 0.05) is 14.0 Å². The van der Waals surface area contributed by atoms with Crippen molar-refractivity contribution in [2.45, 2.75) is 19.1 Å². The van der Waals surface area contributed by atoms with Gasteiger partial charge >= 0.3 is 5.97 Å². The summed E-state index contributed by atoms with van der Waals surface area (Å²) in [5, 5.41) is 11.7. The lowest BCUT2D eigenvalue weighted by Gasteiger charge is -2.20. The second-order valence-electron chi connectivity index (χ2n) is 2.72. The quantitative estimate of drug-likeness (QED) is 0.543. The molecular formula is C8H15NO5. The summed E-state index contributed by atoms with van der Waals surface area (Å²) >= 11 is 0. The Labute approximate surface area is 82.2 Å². The van der Waals surface area contributed by atoms with E-state index in [-0.39, 0.29) is 6.61 Å². The summed E-state index contributed by atoms with van der Waals surface area (Å²) in [5.74, 6) is -1.12. The number of carbonyl (C=O) groups excluding carboxylic acids is 2. The lowest BCUT2D eigenvalue weighted by atomic mass is 10.1. The van der Waals surface area contributed by atoms with Gasteiger partial charge < -0.3 is 19.9 Å². The van der Waals surface area contributed by atoms with E-state index >= 15 is 0 Å². The number of hydrogen-bond acceptors (Lipinski definition) is 5. The molecule has 0 heterocycles. The Hall–Kier alpha value is -1.14. The average Bonchev–Trinajstić information content (AvgIpc) is 2.13. The molecular weight excluding hydrogens is 190 g/mol. The van der Waals surface area contributed by atoms with Crippen LogP contribution in [0, 0.1) is 0 Å². The fourth-order valence-electron chi connectivity index (χ4n) is 0.925. The number of ether oxygens (including phenoxy) is 2. The molecule has 0 aromatic rings. The van der Waals surface area contributed by atoms with Crippen molar-refractivity contribution in [3.63, 3.8) is 0 Å². The summed E-state index contributed by atoms with van der Waals surface area (Å²) in [7, 11) is 2.56. The van der Waals surface area contributed by atoms with Gasteiger partial charge in [0.05, 0.1) is 13.7 Å². The Morgan fingerprint density at radius 2 is 2.00 bits per heavy atom. The molecule has 0 aliphatic rings. The highest BCUT2D eigenvalue weighted by atomic mass is 16.5. The molecule has 0 aliphatic heterocycles. The van der Waals surface area contributed by atoms with Gasteiger partial charge in [0.2, 0.25) is 5.91 Å². The van der Waals surface area contributed by atoms with E-state index in [9.17, 15) is 14.7 Å². The number of esters is 1. The second-order valence-corrected chi connectivity index (χ2v) is 2.72. The lowest BCUT2D eigenvalue weighted by Crippen LogP contribution is -2.50. The minimum Gasteiger partial charge on any atom is -0.467 e. The zero-order valence-electron chi connectivity index (χ0n) is 8.44. The van der Waals surface area contributed by atoms with E-state index in [2.05, 4.69) is 14.8 Å². The van der Waals surface area contributed by atoms with Gasteiger partial charge in [-0.15, -0.1) is 0 Å². The molecule has 0 rings (SSSR count). The number of hydrogen-bond donors (Lipinski definition) is 2. The van der Waals surface area contributed by atoms with Crippen LogP contribution in [0.3, 0.4) is 0 Å². The van der Waals surface area contributed by atoms with Gasteiger partial charge in [-0.2, -0.15) is 0 Å². The van der Waals surface area contributed by atoms with Gasteiger partial charge in [-0.3, -0.25) is 4.79 Å². The molecule has 1 amide bonds. The summed E-state index contributed by atoms with van der Waals surface area (Å²) < 4.78 is 9.06. The predicted octanol–water partition coefficient (Wildman–Crippen LogP) is -1.33. The van der Waals surface area contributed by atoms with E-state index in [1.54, 1.807) is 0 Å². The van der Waals surface area contributed by atoms with Crippen molar-refractivity contribution in [3.05, 3.63) is 0 Å².